The number of rotatable bonds is 4. The normalized spacial score (nSPS) is 41.0. The van der Waals surface area contributed by atoms with E-state index in [0.29, 0.717) is 18.7 Å². The Hall–Kier alpha value is -1.23. The van der Waals surface area contributed by atoms with Crippen LogP contribution in [0.4, 0.5) is 0 Å². The van der Waals surface area contributed by atoms with Gasteiger partial charge in [-0.05, 0) is 6.92 Å². The van der Waals surface area contributed by atoms with Crippen LogP contribution < -0.4 is 11.1 Å². The standard InChI is InChI=1S/C14H24N4O5/c1-8-5-18(13(15)16-11(8)19)12-9-10(21-4)14(22-12,7-20-3)6-17(2)23-9/h5,9-10,12-13H,6-7,15H2,1-4H3,(H,16,19)/t9?,10?,12-,13?,14-/m1/s1. The number of hydrogen-bond acceptors (Lipinski definition) is 8. The number of nitrogens with one attached hydrogen (secondary N) is 1. The quantitative estimate of drug-likeness (QED) is 0.648. The summed E-state index contributed by atoms with van der Waals surface area (Å²) >= 11 is 0. The molecule has 3 heterocycles. The minimum Gasteiger partial charge on any atom is -0.382 e. The summed E-state index contributed by atoms with van der Waals surface area (Å²) in [4.78, 5) is 19.4. The highest BCUT2D eigenvalue weighted by Crippen LogP contribution is 2.41. The van der Waals surface area contributed by atoms with Crippen LogP contribution in [0.3, 0.4) is 0 Å². The SMILES string of the molecule is COC[C@]12CN(C)OC(C1OC)[C@H](N1C=C(C)C(=O)NC1N)O2. The highest BCUT2D eigenvalue weighted by atomic mass is 16.7. The Morgan fingerprint density at radius 2 is 2.26 bits per heavy atom. The Labute approximate surface area is 135 Å². The van der Waals surface area contributed by atoms with E-state index in [2.05, 4.69) is 5.32 Å². The zero-order chi connectivity index (χ0) is 16.8. The van der Waals surface area contributed by atoms with Crippen molar-refractivity contribution in [3.63, 3.8) is 0 Å². The Morgan fingerprint density at radius 1 is 1.52 bits per heavy atom. The van der Waals surface area contributed by atoms with Gasteiger partial charge in [-0.3, -0.25) is 15.4 Å². The van der Waals surface area contributed by atoms with Gasteiger partial charge in [-0.15, -0.1) is 0 Å². The third kappa shape index (κ3) is 2.63. The van der Waals surface area contributed by atoms with Crippen molar-refractivity contribution in [2.24, 2.45) is 5.73 Å². The molecule has 23 heavy (non-hydrogen) atoms. The molecule has 0 aromatic heterocycles. The fraction of sp³-hybridized carbons (Fsp3) is 0.786. The van der Waals surface area contributed by atoms with Crippen molar-refractivity contribution in [2.75, 3.05) is 34.4 Å². The van der Waals surface area contributed by atoms with E-state index < -0.39 is 18.1 Å². The second kappa shape index (κ2) is 6.00. The van der Waals surface area contributed by atoms with Gasteiger partial charge in [0.1, 0.15) is 11.7 Å². The summed E-state index contributed by atoms with van der Waals surface area (Å²) in [5.74, 6) is -0.192. The molecule has 3 rings (SSSR count). The maximum absolute atomic E-state index is 11.7. The predicted molar refractivity (Wildman–Crippen MR) is 79.5 cm³/mol. The second-order valence-electron chi connectivity index (χ2n) is 6.20. The number of fused-ring (bicyclic) bond motifs is 2. The lowest BCUT2D eigenvalue weighted by Crippen LogP contribution is -2.62. The molecule has 2 bridgehead atoms. The van der Waals surface area contributed by atoms with E-state index in [0.717, 1.165) is 0 Å². The maximum Gasteiger partial charge on any atom is 0.250 e. The fourth-order valence-corrected chi connectivity index (χ4v) is 3.58. The van der Waals surface area contributed by atoms with E-state index in [1.807, 2.05) is 7.05 Å². The van der Waals surface area contributed by atoms with Gasteiger partial charge in [0.2, 0.25) is 0 Å². The van der Waals surface area contributed by atoms with Crippen LogP contribution in [0.2, 0.25) is 0 Å². The number of hydrogen-bond donors (Lipinski definition) is 2. The Kier molecular flexibility index (Phi) is 4.34. The van der Waals surface area contributed by atoms with Crippen LogP contribution >= 0.6 is 0 Å². The van der Waals surface area contributed by atoms with Crippen LogP contribution in [0.1, 0.15) is 6.92 Å². The molecule has 0 aliphatic carbocycles. The van der Waals surface area contributed by atoms with E-state index in [9.17, 15) is 4.79 Å². The summed E-state index contributed by atoms with van der Waals surface area (Å²) in [6.45, 7) is 2.59. The zero-order valence-corrected chi connectivity index (χ0v) is 13.8. The number of ether oxygens (including phenoxy) is 3. The Balaban J connectivity index is 1.93. The van der Waals surface area contributed by atoms with E-state index >= 15 is 0 Å². The van der Waals surface area contributed by atoms with E-state index in [-0.39, 0.29) is 18.1 Å². The van der Waals surface area contributed by atoms with Crippen LogP contribution in [0, 0.1) is 0 Å². The van der Waals surface area contributed by atoms with Crippen molar-refractivity contribution >= 4 is 5.91 Å². The van der Waals surface area contributed by atoms with Gasteiger partial charge in [-0.25, -0.2) is 0 Å². The van der Waals surface area contributed by atoms with Crippen LogP contribution in [-0.4, -0.2) is 80.6 Å². The minimum absolute atomic E-state index is 0.192. The summed E-state index contributed by atoms with van der Waals surface area (Å²) in [7, 11) is 5.09. The van der Waals surface area contributed by atoms with Crippen molar-refractivity contribution in [3.8, 4) is 0 Å². The first-order valence-corrected chi connectivity index (χ1v) is 7.51. The second-order valence-corrected chi connectivity index (χ2v) is 6.20. The number of methoxy groups -OCH3 is 2. The summed E-state index contributed by atoms with van der Waals surface area (Å²) in [6, 6.07) is 0. The molecule has 0 aromatic rings. The van der Waals surface area contributed by atoms with Gasteiger partial charge in [0.25, 0.3) is 5.91 Å². The number of hydroxylamine groups is 2. The highest BCUT2D eigenvalue weighted by Gasteiger charge is 2.62. The van der Waals surface area contributed by atoms with Gasteiger partial charge in [-0.1, -0.05) is 0 Å². The van der Waals surface area contributed by atoms with Gasteiger partial charge in [0.15, 0.2) is 18.6 Å². The highest BCUT2D eigenvalue weighted by molar-refractivity contribution is 5.93. The summed E-state index contributed by atoms with van der Waals surface area (Å²) in [5, 5.41) is 4.43. The first-order valence-electron chi connectivity index (χ1n) is 7.51. The van der Waals surface area contributed by atoms with Gasteiger partial charge in [-0.2, -0.15) is 5.06 Å². The Bertz CT molecular complexity index is 515. The van der Waals surface area contributed by atoms with E-state index in [4.69, 9.17) is 24.8 Å². The fourth-order valence-electron chi connectivity index (χ4n) is 3.58. The average molecular weight is 328 g/mol. The first kappa shape index (κ1) is 16.6. The average Bonchev–Trinajstić information content (AvgIpc) is 2.67. The molecule has 3 aliphatic heterocycles. The lowest BCUT2D eigenvalue weighted by atomic mass is 9.94. The van der Waals surface area contributed by atoms with Crippen molar-refractivity contribution in [2.45, 2.75) is 37.3 Å². The number of amides is 1. The molecule has 130 valence electrons. The number of likely N-dealkylation sites (N-methyl/N-ethyl adjacent to an activating group) is 1. The minimum atomic E-state index is -0.693. The van der Waals surface area contributed by atoms with Crippen molar-refractivity contribution in [1.82, 2.24) is 15.3 Å². The summed E-state index contributed by atoms with van der Waals surface area (Å²) < 4.78 is 17.3. The van der Waals surface area contributed by atoms with Crippen LogP contribution in [0.15, 0.2) is 11.8 Å². The smallest absolute Gasteiger partial charge is 0.250 e. The molecular formula is C14H24N4O5. The van der Waals surface area contributed by atoms with Crippen LogP contribution in [0.5, 0.6) is 0 Å². The zero-order valence-electron chi connectivity index (χ0n) is 13.8. The van der Waals surface area contributed by atoms with Crippen molar-refractivity contribution < 1.29 is 23.8 Å². The molecule has 9 nitrogen and oxygen atoms in total. The number of carbonyl (C=O) groups excluding carboxylic acids is 1. The molecule has 3 unspecified atom stereocenters. The Morgan fingerprint density at radius 3 is 2.91 bits per heavy atom. The largest absolute Gasteiger partial charge is 0.382 e. The lowest BCUT2D eigenvalue weighted by Gasteiger charge is -2.41. The molecular weight excluding hydrogens is 304 g/mol. The van der Waals surface area contributed by atoms with Crippen molar-refractivity contribution in [3.05, 3.63) is 11.8 Å². The van der Waals surface area contributed by atoms with Gasteiger partial charge in [0.05, 0.1) is 13.2 Å². The molecule has 9 heteroatoms. The van der Waals surface area contributed by atoms with E-state index in [1.165, 1.54) is 0 Å². The number of nitrogens with two attached hydrogens (primary N) is 1. The molecule has 0 saturated carbocycles. The third-order valence-corrected chi connectivity index (χ3v) is 4.48. The van der Waals surface area contributed by atoms with Crippen LogP contribution in [0.25, 0.3) is 0 Å². The predicted octanol–water partition coefficient (Wildman–Crippen LogP) is -1.43. The molecule has 0 spiro atoms. The summed E-state index contributed by atoms with van der Waals surface area (Å²) in [6.07, 6.45) is -0.181. The molecule has 2 fully saturated rings. The molecule has 3 N–H and O–H groups in total. The molecule has 0 aromatic carbocycles. The van der Waals surface area contributed by atoms with Gasteiger partial charge >= 0.3 is 0 Å². The molecule has 3 aliphatic rings. The molecule has 5 atom stereocenters. The maximum atomic E-state index is 11.7. The number of carbonyl (C=O) groups is 1. The monoisotopic (exact) mass is 328 g/mol. The lowest BCUT2D eigenvalue weighted by molar-refractivity contribution is -0.263. The van der Waals surface area contributed by atoms with Crippen LogP contribution in [-0.2, 0) is 23.8 Å². The van der Waals surface area contributed by atoms with Gasteiger partial charge in [0, 0.05) is 33.0 Å². The molecule has 1 amide bonds. The van der Waals surface area contributed by atoms with E-state index in [1.54, 1.807) is 37.3 Å². The van der Waals surface area contributed by atoms with Crippen molar-refractivity contribution in [1.29, 1.82) is 0 Å². The topological polar surface area (TPSA) is 98.5 Å². The van der Waals surface area contributed by atoms with Gasteiger partial charge < -0.3 is 24.4 Å². The summed E-state index contributed by atoms with van der Waals surface area (Å²) in [5.41, 5.74) is 5.96. The number of nitrogens with zero attached hydrogens (tertiary/aromatic N) is 2. The molecule has 2 saturated heterocycles. The molecule has 0 radical (unpaired) electrons. The third-order valence-electron chi connectivity index (χ3n) is 4.48. The first-order chi connectivity index (χ1) is 10.9.